The monoisotopic (exact) mass is 332 g/mol. The molecule has 1 aliphatic heterocycles. The Hall–Kier alpha value is -0.330. The van der Waals surface area contributed by atoms with E-state index < -0.39 is 0 Å². The van der Waals surface area contributed by atoms with Crippen LogP contribution in [0.1, 0.15) is 0 Å². The molecule has 0 aromatic heterocycles. The highest BCUT2D eigenvalue weighted by Gasteiger charge is 2.08. The number of ether oxygens (including phenoxy) is 1. The lowest BCUT2D eigenvalue weighted by molar-refractivity contribution is 0.0398. The van der Waals surface area contributed by atoms with Crippen molar-refractivity contribution in [2.24, 2.45) is 0 Å². The van der Waals surface area contributed by atoms with Gasteiger partial charge in [-0.1, -0.05) is 6.07 Å². The topological polar surface area (TPSA) is 24.5 Å². The molecule has 4 heteroatoms. The fraction of sp³-hybridized carbons (Fsp3) is 0.500. The van der Waals surface area contributed by atoms with E-state index in [9.17, 15) is 0 Å². The lowest BCUT2D eigenvalue weighted by Crippen LogP contribution is -2.38. The van der Waals surface area contributed by atoms with Crippen LogP contribution in [0.3, 0.4) is 0 Å². The summed E-state index contributed by atoms with van der Waals surface area (Å²) in [6, 6.07) is 8.47. The van der Waals surface area contributed by atoms with E-state index in [-0.39, 0.29) is 0 Å². The van der Waals surface area contributed by atoms with Crippen molar-refractivity contribution in [1.29, 1.82) is 0 Å². The number of hydrogen-bond acceptors (Lipinski definition) is 3. The van der Waals surface area contributed by atoms with Crippen molar-refractivity contribution in [2.45, 2.75) is 0 Å². The van der Waals surface area contributed by atoms with Gasteiger partial charge in [-0.15, -0.1) is 0 Å². The number of nitrogens with one attached hydrogen (secondary N) is 1. The van der Waals surface area contributed by atoms with Crippen molar-refractivity contribution < 1.29 is 4.74 Å². The van der Waals surface area contributed by atoms with Crippen molar-refractivity contribution in [3.8, 4) is 0 Å². The standard InChI is InChI=1S/C12H17IN2O/c13-11-2-1-3-12(10-11)14-4-5-15-6-8-16-9-7-15/h1-3,10,14H,4-9H2. The van der Waals surface area contributed by atoms with Crippen molar-refractivity contribution in [1.82, 2.24) is 4.90 Å². The molecule has 1 aliphatic rings. The Morgan fingerprint density at radius 2 is 2.12 bits per heavy atom. The van der Waals surface area contributed by atoms with Crippen LogP contribution in [-0.4, -0.2) is 44.3 Å². The molecule has 16 heavy (non-hydrogen) atoms. The normalized spacial score (nSPS) is 17.3. The van der Waals surface area contributed by atoms with Gasteiger partial charge in [-0.05, 0) is 40.8 Å². The molecular formula is C12H17IN2O. The zero-order valence-electron chi connectivity index (χ0n) is 9.29. The predicted octanol–water partition coefficient (Wildman–Crippen LogP) is 2.04. The summed E-state index contributed by atoms with van der Waals surface area (Å²) in [5, 5.41) is 3.45. The molecular weight excluding hydrogens is 315 g/mol. The second kappa shape index (κ2) is 6.42. The van der Waals surface area contributed by atoms with Gasteiger partial charge in [0.1, 0.15) is 0 Å². The third-order valence-electron chi connectivity index (χ3n) is 2.69. The number of morpholine rings is 1. The van der Waals surface area contributed by atoms with Gasteiger partial charge in [-0.3, -0.25) is 4.90 Å². The summed E-state index contributed by atoms with van der Waals surface area (Å²) >= 11 is 2.33. The molecule has 0 atom stereocenters. The van der Waals surface area contributed by atoms with Gasteiger partial charge < -0.3 is 10.1 Å². The van der Waals surface area contributed by atoms with Crippen molar-refractivity contribution >= 4 is 28.3 Å². The van der Waals surface area contributed by atoms with Crippen LogP contribution in [-0.2, 0) is 4.74 Å². The van der Waals surface area contributed by atoms with Crippen LogP contribution in [0.5, 0.6) is 0 Å². The zero-order valence-corrected chi connectivity index (χ0v) is 11.4. The van der Waals surface area contributed by atoms with Gasteiger partial charge in [0.25, 0.3) is 0 Å². The minimum Gasteiger partial charge on any atom is -0.384 e. The average Bonchev–Trinajstić information content (AvgIpc) is 2.30. The largest absolute Gasteiger partial charge is 0.384 e. The Bertz CT molecular complexity index is 327. The molecule has 3 nitrogen and oxygen atoms in total. The summed E-state index contributed by atoms with van der Waals surface area (Å²) in [6.45, 7) is 5.98. The Labute approximate surface area is 110 Å². The molecule has 0 saturated carbocycles. The Morgan fingerprint density at radius 1 is 1.31 bits per heavy atom. The van der Waals surface area contributed by atoms with E-state index in [2.05, 4.69) is 57.1 Å². The first-order valence-electron chi connectivity index (χ1n) is 5.64. The van der Waals surface area contributed by atoms with E-state index >= 15 is 0 Å². The van der Waals surface area contributed by atoms with Crippen molar-refractivity contribution in [3.05, 3.63) is 27.8 Å². The van der Waals surface area contributed by atoms with E-state index in [0.717, 1.165) is 39.4 Å². The molecule has 0 radical (unpaired) electrons. The first-order valence-corrected chi connectivity index (χ1v) is 6.72. The maximum atomic E-state index is 5.32. The lowest BCUT2D eigenvalue weighted by atomic mass is 10.3. The average molecular weight is 332 g/mol. The predicted molar refractivity (Wildman–Crippen MR) is 74.9 cm³/mol. The van der Waals surface area contributed by atoms with Gasteiger partial charge in [0.05, 0.1) is 13.2 Å². The van der Waals surface area contributed by atoms with Crippen LogP contribution >= 0.6 is 22.6 Å². The Balaban J connectivity index is 1.71. The van der Waals surface area contributed by atoms with E-state index in [1.807, 2.05) is 0 Å². The summed E-state index contributed by atoms with van der Waals surface area (Å²) in [6.07, 6.45) is 0. The molecule has 0 aliphatic carbocycles. The quantitative estimate of drug-likeness (QED) is 0.854. The smallest absolute Gasteiger partial charge is 0.0594 e. The number of anilines is 1. The van der Waals surface area contributed by atoms with Gasteiger partial charge in [0, 0.05) is 35.4 Å². The van der Waals surface area contributed by atoms with Crippen LogP contribution in [0, 0.1) is 3.57 Å². The second-order valence-corrected chi connectivity index (χ2v) is 5.14. The van der Waals surface area contributed by atoms with Crippen LogP contribution in [0.25, 0.3) is 0 Å². The minimum atomic E-state index is 0.878. The van der Waals surface area contributed by atoms with Crippen LogP contribution in [0.15, 0.2) is 24.3 Å². The molecule has 1 fully saturated rings. The van der Waals surface area contributed by atoms with E-state index in [1.165, 1.54) is 9.26 Å². The first-order chi connectivity index (χ1) is 7.84. The highest BCUT2D eigenvalue weighted by Crippen LogP contribution is 2.11. The number of halogens is 1. The van der Waals surface area contributed by atoms with Crippen LogP contribution in [0.4, 0.5) is 5.69 Å². The molecule has 88 valence electrons. The molecule has 1 aromatic rings. The van der Waals surface area contributed by atoms with Crippen molar-refractivity contribution in [2.75, 3.05) is 44.7 Å². The second-order valence-electron chi connectivity index (χ2n) is 3.89. The van der Waals surface area contributed by atoms with Gasteiger partial charge in [0.2, 0.25) is 0 Å². The van der Waals surface area contributed by atoms with Gasteiger partial charge in [0.15, 0.2) is 0 Å². The summed E-state index contributed by atoms with van der Waals surface area (Å²) in [7, 11) is 0. The van der Waals surface area contributed by atoms with Crippen LogP contribution < -0.4 is 5.32 Å². The molecule has 1 saturated heterocycles. The van der Waals surface area contributed by atoms with Crippen molar-refractivity contribution in [3.63, 3.8) is 0 Å². The fourth-order valence-corrected chi connectivity index (χ4v) is 2.32. The number of benzene rings is 1. The number of hydrogen-bond donors (Lipinski definition) is 1. The summed E-state index contributed by atoms with van der Waals surface area (Å²) in [5.41, 5.74) is 1.21. The van der Waals surface area contributed by atoms with Gasteiger partial charge >= 0.3 is 0 Å². The van der Waals surface area contributed by atoms with Gasteiger partial charge in [-0.2, -0.15) is 0 Å². The minimum absolute atomic E-state index is 0.878. The highest BCUT2D eigenvalue weighted by molar-refractivity contribution is 14.1. The molecule has 1 N–H and O–H groups in total. The number of nitrogens with zero attached hydrogens (tertiary/aromatic N) is 1. The first kappa shape index (κ1) is 12.1. The lowest BCUT2D eigenvalue weighted by Gasteiger charge is -2.26. The van der Waals surface area contributed by atoms with E-state index in [0.29, 0.717) is 0 Å². The molecule has 1 aromatic carbocycles. The summed E-state index contributed by atoms with van der Waals surface area (Å²) < 4.78 is 6.59. The van der Waals surface area contributed by atoms with Gasteiger partial charge in [-0.25, -0.2) is 0 Å². The fourth-order valence-electron chi connectivity index (χ4n) is 1.78. The third-order valence-corrected chi connectivity index (χ3v) is 3.36. The molecule has 0 amide bonds. The Morgan fingerprint density at radius 3 is 2.88 bits per heavy atom. The molecule has 1 heterocycles. The number of rotatable bonds is 4. The molecule has 2 rings (SSSR count). The summed E-state index contributed by atoms with van der Waals surface area (Å²) in [5.74, 6) is 0. The Kier molecular flexibility index (Phi) is 4.87. The zero-order chi connectivity index (χ0) is 11.2. The van der Waals surface area contributed by atoms with E-state index in [4.69, 9.17) is 4.74 Å². The maximum Gasteiger partial charge on any atom is 0.0594 e. The third kappa shape index (κ3) is 3.92. The van der Waals surface area contributed by atoms with E-state index in [1.54, 1.807) is 0 Å². The molecule has 0 spiro atoms. The SMILES string of the molecule is Ic1cccc(NCCN2CCOCC2)c1. The molecule has 0 bridgehead atoms. The van der Waals surface area contributed by atoms with Crippen LogP contribution in [0.2, 0.25) is 0 Å². The highest BCUT2D eigenvalue weighted by atomic mass is 127. The molecule has 0 unspecified atom stereocenters. The maximum absolute atomic E-state index is 5.32. The summed E-state index contributed by atoms with van der Waals surface area (Å²) in [4.78, 5) is 2.43.